The Kier molecular flexibility index (Phi) is 5.46. The second kappa shape index (κ2) is 7.07. The second-order valence-corrected chi connectivity index (χ2v) is 5.83. The first-order valence-electron chi connectivity index (χ1n) is 7.68. The van der Waals surface area contributed by atoms with Gasteiger partial charge in [0, 0.05) is 39.7 Å². The monoisotopic (exact) mass is 354 g/mol. The molecule has 0 amide bonds. The van der Waals surface area contributed by atoms with Gasteiger partial charge in [-0.15, -0.1) is 0 Å². The van der Waals surface area contributed by atoms with Crippen molar-refractivity contribution in [1.82, 2.24) is 0 Å². The van der Waals surface area contributed by atoms with Crippen molar-refractivity contribution in [2.45, 2.75) is 24.7 Å². The molecule has 3 atom stereocenters. The molecule has 0 aromatic heterocycles. The van der Waals surface area contributed by atoms with Crippen molar-refractivity contribution in [3.63, 3.8) is 0 Å². The normalized spacial score (nSPS) is 30.3. The third-order valence-corrected chi connectivity index (χ3v) is 4.83. The van der Waals surface area contributed by atoms with Gasteiger partial charge in [0.15, 0.2) is 5.60 Å². The Balaban J connectivity index is 2.57. The summed E-state index contributed by atoms with van der Waals surface area (Å²) in [5.74, 6) is -4.34. The van der Waals surface area contributed by atoms with Crippen LogP contribution in [0.3, 0.4) is 0 Å². The van der Waals surface area contributed by atoms with Crippen molar-refractivity contribution >= 4 is 17.7 Å². The molecule has 0 aromatic carbocycles. The summed E-state index contributed by atoms with van der Waals surface area (Å²) in [6.45, 7) is 1.27. The first-order chi connectivity index (χ1) is 11.8. The Morgan fingerprint density at radius 3 is 2.28 bits per heavy atom. The fourth-order valence-electron chi connectivity index (χ4n) is 3.65. The minimum Gasteiger partial charge on any atom is -0.466 e. The first kappa shape index (κ1) is 19.3. The number of ether oxygens (including phenoxy) is 5. The third kappa shape index (κ3) is 2.80. The molecular formula is C17H22O8. The Morgan fingerprint density at radius 1 is 1.16 bits per heavy atom. The predicted molar refractivity (Wildman–Crippen MR) is 84.1 cm³/mol. The lowest BCUT2D eigenvalue weighted by Crippen LogP contribution is -2.69. The largest absolute Gasteiger partial charge is 0.466 e. The molecule has 0 aromatic rings. The molecule has 2 bridgehead atoms. The topological polar surface area (TPSA) is 97.4 Å². The number of Topliss-reactive ketones (excluding diaryl/α,β-unsaturated/α-hetero) is 1. The summed E-state index contributed by atoms with van der Waals surface area (Å²) < 4.78 is 26.0. The van der Waals surface area contributed by atoms with E-state index in [0.29, 0.717) is 6.42 Å². The van der Waals surface area contributed by atoms with Gasteiger partial charge in [0.25, 0.3) is 0 Å². The molecule has 0 saturated heterocycles. The van der Waals surface area contributed by atoms with E-state index in [1.165, 1.54) is 47.7 Å². The fraction of sp³-hybridized carbons (Fsp3) is 0.588. The molecule has 0 N–H and O–H groups in total. The fourth-order valence-corrected chi connectivity index (χ4v) is 3.65. The molecule has 3 aliphatic rings. The van der Waals surface area contributed by atoms with Crippen molar-refractivity contribution in [2.24, 2.45) is 11.8 Å². The van der Waals surface area contributed by atoms with Crippen LogP contribution in [0.15, 0.2) is 24.0 Å². The minimum atomic E-state index is -1.65. The molecule has 8 heteroatoms. The number of esters is 2. The van der Waals surface area contributed by atoms with Crippen LogP contribution < -0.4 is 0 Å². The summed E-state index contributed by atoms with van der Waals surface area (Å²) in [5, 5.41) is 0. The van der Waals surface area contributed by atoms with Gasteiger partial charge in [0.2, 0.25) is 11.6 Å². The zero-order valence-electron chi connectivity index (χ0n) is 14.9. The van der Waals surface area contributed by atoms with E-state index in [-0.39, 0.29) is 5.57 Å². The maximum atomic E-state index is 13.2. The second-order valence-electron chi connectivity index (χ2n) is 5.83. The van der Waals surface area contributed by atoms with Crippen LogP contribution >= 0.6 is 0 Å². The summed E-state index contributed by atoms with van der Waals surface area (Å²) in [6, 6.07) is 0. The highest BCUT2D eigenvalue weighted by Crippen LogP contribution is 2.53. The molecule has 25 heavy (non-hydrogen) atoms. The summed E-state index contributed by atoms with van der Waals surface area (Å²) in [5.41, 5.74) is -1.24. The molecule has 0 heterocycles. The molecule has 1 saturated carbocycles. The maximum Gasteiger partial charge on any atom is 0.334 e. The molecule has 1 fully saturated rings. The number of methoxy groups -OCH3 is 4. The van der Waals surface area contributed by atoms with Gasteiger partial charge < -0.3 is 23.7 Å². The van der Waals surface area contributed by atoms with Crippen molar-refractivity contribution in [3.8, 4) is 0 Å². The van der Waals surface area contributed by atoms with E-state index in [4.69, 9.17) is 23.7 Å². The molecular weight excluding hydrogens is 332 g/mol. The number of ketones is 1. The highest BCUT2D eigenvalue weighted by molar-refractivity contribution is 6.04. The highest BCUT2D eigenvalue weighted by Gasteiger charge is 2.68. The third-order valence-electron chi connectivity index (χ3n) is 4.83. The van der Waals surface area contributed by atoms with Gasteiger partial charge in [-0.1, -0.05) is 0 Å². The molecule has 3 rings (SSSR count). The van der Waals surface area contributed by atoms with Crippen LogP contribution in [-0.4, -0.2) is 57.5 Å². The van der Waals surface area contributed by atoms with Gasteiger partial charge in [-0.2, -0.15) is 0 Å². The van der Waals surface area contributed by atoms with Crippen LogP contribution in [0.25, 0.3) is 0 Å². The van der Waals surface area contributed by atoms with Crippen molar-refractivity contribution in [2.75, 3.05) is 28.4 Å². The average molecular weight is 354 g/mol. The van der Waals surface area contributed by atoms with Gasteiger partial charge >= 0.3 is 11.9 Å². The van der Waals surface area contributed by atoms with E-state index < -0.39 is 40.9 Å². The molecule has 0 radical (unpaired) electrons. The molecule has 138 valence electrons. The van der Waals surface area contributed by atoms with Crippen LogP contribution in [0.5, 0.6) is 0 Å². The van der Waals surface area contributed by atoms with E-state index in [1.54, 1.807) is 6.08 Å². The van der Waals surface area contributed by atoms with Gasteiger partial charge in [0.05, 0.1) is 19.3 Å². The van der Waals surface area contributed by atoms with E-state index in [2.05, 4.69) is 0 Å². The number of fused-ring (bicyclic) bond motifs is 2. The standard InChI is InChI=1S/C17H22O8/c1-10(18)25-7-6-11-8-13-12(14(19)21-2)9-16(11,22-3)15(20)17(13,23-4)24-5/h6-7,9,11,13H,8H2,1-5H3/b7-6+/t11-,13-,16+/m1/s1. The lowest BCUT2D eigenvalue weighted by Gasteiger charge is -2.54. The molecule has 0 unspecified atom stereocenters. The van der Waals surface area contributed by atoms with Crippen molar-refractivity contribution < 1.29 is 38.1 Å². The summed E-state index contributed by atoms with van der Waals surface area (Å²) in [4.78, 5) is 36.3. The smallest absolute Gasteiger partial charge is 0.334 e. The molecule has 8 nitrogen and oxygen atoms in total. The van der Waals surface area contributed by atoms with E-state index in [9.17, 15) is 14.4 Å². The van der Waals surface area contributed by atoms with Crippen molar-refractivity contribution in [1.29, 1.82) is 0 Å². The van der Waals surface area contributed by atoms with E-state index in [0.717, 1.165) is 0 Å². The molecule has 0 spiro atoms. The van der Waals surface area contributed by atoms with Gasteiger partial charge in [0.1, 0.15) is 0 Å². The maximum absolute atomic E-state index is 13.2. The van der Waals surface area contributed by atoms with Crippen LogP contribution in [-0.2, 0) is 38.1 Å². The predicted octanol–water partition coefficient (Wildman–Crippen LogP) is 0.756. The quantitative estimate of drug-likeness (QED) is 0.392. The Labute approximate surface area is 145 Å². The minimum absolute atomic E-state index is 0.254. The van der Waals surface area contributed by atoms with Crippen LogP contribution in [0, 0.1) is 11.8 Å². The number of rotatable bonds is 6. The van der Waals surface area contributed by atoms with E-state index >= 15 is 0 Å². The Bertz CT molecular complexity index is 631. The van der Waals surface area contributed by atoms with Crippen LogP contribution in [0.2, 0.25) is 0 Å². The number of hydrogen-bond donors (Lipinski definition) is 0. The molecule has 0 aliphatic heterocycles. The van der Waals surface area contributed by atoms with Gasteiger partial charge in [-0.05, 0) is 18.6 Å². The zero-order valence-corrected chi connectivity index (χ0v) is 14.9. The zero-order chi connectivity index (χ0) is 18.8. The average Bonchev–Trinajstić information content (AvgIpc) is 2.62. The number of carbonyl (C=O) groups is 3. The number of hydrogen-bond acceptors (Lipinski definition) is 8. The molecule has 3 aliphatic carbocycles. The first-order valence-corrected chi connectivity index (χ1v) is 7.68. The summed E-state index contributed by atoms with van der Waals surface area (Å²) in [7, 11) is 5.29. The summed E-state index contributed by atoms with van der Waals surface area (Å²) >= 11 is 0. The van der Waals surface area contributed by atoms with Crippen LogP contribution in [0.1, 0.15) is 13.3 Å². The van der Waals surface area contributed by atoms with Gasteiger partial charge in [-0.3, -0.25) is 9.59 Å². The number of carbonyl (C=O) groups excluding carboxylic acids is 3. The van der Waals surface area contributed by atoms with Crippen molar-refractivity contribution in [3.05, 3.63) is 24.0 Å². The lowest BCUT2D eigenvalue weighted by atomic mass is 9.58. The summed E-state index contributed by atoms with van der Waals surface area (Å²) in [6.07, 6.45) is 4.54. The highest BCUT2D eigenvalue weighted by atomic mass is 16.7. The van der Waals surface area contributed by atoms with E-state index in [1.807, 2.05) is 0 Å². The van der Waals surface area contributed by atoms with Crippen LogP contribution in [0.4, 0.5) is 0 Å². The lowest BCUT2D eigenvalue weighted by molar-refractivity contribution is -0.257. The SMILES string of the molecule is COC(=O)C1=C[C@@]2(OC)C(=O)C(OC)(OC)[C@@H]1C[C@H]2/C=C/OC(C)=O. The van der Waals surface area contributed by atoms with Gasteiger partial charge in [-0.25, -0.2) is 4.79 Å². The Morgan fingerprint density at radius 2 is 1.80 bits per heavy atom. The Hall–Kier alpha value is -2.03.